The Bertz CT molecular complexity index is 627. The highest BCUT2D eigenvalue weighted by Crippen LogP contribution is 2.23. The predicted octanol–water partition coefficient (Wildman–Crippen LogP) is 2.71. The maximum Gasteiger partial charge on any atom is 0.358 e. The van der Waals surface area contributed by atoms with Crippen LogP contribution in [-0.2, 0) is 6.42 Å². The Labute approximate surface area is 113 Å². The van der Waals surface area contributed by atoms with E-state index in [1.165, 1.54) is 16.8 Å². The summed E-state index contributed by atoms with van der Waals surface area (Å²) in [4.78, 5) is 11.1. The SMILES string of the molecule is CCCc1c(C(=O)O)nnn1-c1ccc(F)cc1Cl. The van der Waals surface area contributed by atoms with Crippen LogP contribution in [0, 0.1) is 5.82 Å². The summed E-state index contributed by atoms with van der Waals surface area (Å²) in [5, 5.41) is 16.6. The number of hydrogen-bond donors (Lipinski definition) is 1. The number of carbonyl (C=O) groups is 1. The third kappa shape index (κ3) is 2.58. The molecule has 0 saturated carbocycles. The van der Waals surface area contributed by atoms with Crippen LogP contribution in [0.3, 0.4) is 0 Å². The summed E-state index contributed by atoms with van der Waals surface area (Å²) in [6, 6.07) is 3.82. The second kappa shape index (κ2) is 5.36. The minimum Gasteiger partial charge on any atom is -0.476 e. The van der Waals surface area contributed by atoms with Gasteiger partial charge in [-0.1, -0.05) is 30.2 Å². The van der Waals surface area contributed by atoms with E-state index in [0.29, 0.717) is 17.8 Å². The highest BCUT2D eigenvalue weighted by molar-refractivity contribution is 6.32. The molecule has 2 aromatic rings. The number of carboxylic acid groups (broad SMARTS) is 1. The van der Waals surface area contributed by atoms with Gasteiger partial charge in [0.25, 0.3) is 0 Å². The van der Waals surface area contributed by atoms with Gasteiger partial charge in [-0.2, -0.15) is 0 Å². The first kappa shape index (κ1) is 13.5. The Morgan fingerprint density at radius 1 is 1.53 bits per heavy atom. The third-order valence-electron chi connectivity index (χ3n) is 2.59. The van der Waals surface area contributed by atoms with Crippen molar-refractivity contribution in [1.29, 1.82) is 0 Å². The third-order valence-corrected chi connectivity index (χ3v) is 2.89. The first-order valence-electron chi connectivity index (χ1n) is 5.68. The molecule has 0 aliphatic carbocycles. The number of aromatic nitrogens is 3. The molecule has 0 spiro atoms. The highest BCUT2D eigenvalue weighted by Gasteiger charge is 2.20. The van der Waals surface area contributed by atoms with Crippen molar-refractivity contribution in [3.05, 3.63) is 40.4 Å². The maximum atomic E-state index is 13.0. The number of carboxylic acids is 1. The fourth-order valence-electron chi connectivity index (χ4n) is 1.78. The largest absolute Gasteiger partial charge is 0.476 e. The molecule has 0 saturated heterocycles. The van der Waals surface area contributed by atoms with Crippen molar-refractivity contribution < 1.29 is 14.3 Å². The van der Waals surface area contributed by atoms with Gasteiger partial charge in [0.15, 0.2) is 5.69 Å². The lowest BCUT2D eigenvalue weighted by molar-refractivity contribution is 0.0689. The summed E-state index contributed by atoms with van der Waals surface area (Å²) in [7, 11) is 0. The molecule has 19 heavy (non-hydrogen) atoms. The van der Waals surface area contributed by atoms with Gasteiger partial charge in [0.1, 0.15) is 5.82 Å². The number of rotatable bonds is 4. The average Bonchev–Trinajstić information content (AvgIpc) is 2.73. The minimum atomic E-state index is -1.15. The molecule has 1 aromatic carbocycles. The molecule has 0 fully saturated rings. The van der Waals surface area contributed by atoms with E-state index in [1.807, 2.05) is 6.92 Å². The Morgan fingerprint density at radius 2 is 2.26 bits per heavy atom. The quantitative estimate of drug-likeness (QED) is 0.937. The van der Waals surface area contributed by atoms with Gasteiger partial charge in [-0.15, -0.1) is 5.10 Å². The molecule has 0 unspecified atom stereocenters. The molecule has 100 valence electrons. The summed E-state index contributed by atoms with van der Waals surface area (Å²) < 4.78 is 14.4. The van der Waals surface area contributed by atoms with Crippen molar-refractivity contribution in [1.82, 2.24) is 15.0 Å². The van der Waals surface area contributed by atoms with Gasteiger partial charge in [-0.25, -0.2) is 13.9 Å². The second-order valence-corrected chi connectivity index (χ2v) is 4.35. The topological polar surface area (TPSA) is 68.0 Å². The fourth-order valence-corrected chi connectivity index (χ4v) is 2.02. The lowest BCUT2D eigenvalue weighted by atomic mass is 10.2. The van der Waals surface area contributed by atoms with Crippen LogP contribution in [0.1, 0.15) is 29.5 Å². The van der Waals surface area contributed by atoms with Crippen LogP contribution in [0.2, 0.25) is 5.02 Å². The molecule has 0 aliphatic rings. The normalized spacial score (nSPS) is 10.7. The molecule has 7 heteroatoms. The Kier molecular flexibility index (Phi) is 3.80. The van der Waals surface area contributed by atoms with Crippen LogP contribution in [-0.4, -0.2) is 26.1 Å². The lowest BCUT2D eigenvalue weighted by Crippen LogP contribution is -2.07. The smallest absolute Gasteiger partial charge is 0.358 e. The molecule has 0 bridgehead atoms. The molecule has 0 aliphatic heterocycles. The van der Waals surface area contributed by atoms with Crippen molar-refractivity contribution in [2.24, 2.45) is 0 Å². The van der Waals surface area contributed by atoms with E-state index in [0.717, 1.165) is 12.5 Å². The predicted molar refractivity (Wildman–Crippen MR) is 67.3 cm³/mol. The van der Waals surface area contributed by atoms with Crippen LogP contribution in [0.15, 0.2) is 18.2 Å². The Balaban J connectivity index is 2.58. The molecular weight excluding hydrogens is 273 g/mol. The molecular formula is C12H11ClFN3O2. The number of nitrogens with zero attached hydrogens (tertiary/aromatic N) is 3. The maximum absolute atomic E-state index is 13.0. The van der Waals surface area contributed by atoms with Gasteiger partial charge in [0.05, 0.1) is 16.4 Å². The zero-order chi connectivity index (χ0) is 14.0. The van der Waals surface area contributed by atoms with Crippen molar-refractivity contribution in [2.45, 2.75) is 19.8 Å². The van der Waals surface area contributed by atoms with E-state index in [9.17, 15) is 9.18 Å². The van der Waals surface area contributed by atoms with Crippen molar-refractivity contribution in [3.8, 4) is 5.69 Å². The summed E-state index contributed by atoms with van der Waals surface area (Å²) in [6.45, 7) is 1.91. The molecule has 0 radical (unpaired) electrons. The Morgan fingerprint density at radius 3 is 2.84 bits per heavy atom. The van der Waals surface area contributed by atoms with Gasteiger partial charge in [-0.3, -0.25) is 0 Å². The van der Waals surface area contributed by atoms with Gasteiger partial charge in [-0.05, 0) is 24.6 Å². The van der Waals surface area contributed by atoms with Gasteiger partial charge >= 0.3 is 5.97 Å². The van der Waals surface area contributed by atoms with Gasteiger partial charge in [0, 0.05) is 0 Å². The first-order valence-corrected chi connectivity index (χ1v) is 6.05. The van der Waals surface area contributed by atoms with Crippen molar-refractivity contribution >= 4 is 17.6 Å². The van der Waals surface area contributed by atoms with Crippen LogP contribution in [0.4, 0.5) is 4.39 Å². The van der Waals surface area contributed by atoms with E-state index in [1.54, 1.807) is 0 Å². The molecule has 0 atom stereocenters. The average molecular weight is 284 g/mol. The first-order chi connectivity index (χ1) is 9.04. The van der Waals surface area contributed by atoms with E-state index >= 15 is 0 Å². The second-order valence-electron chi connectivity index (χ2n) is 3.95. The van der Waals surface area contributed by atoms with E-state index in [2.05, 4.69) is 10.3 Å². The number of hydrogen-bond acceptors (Lipinski definition) is 3. The van der Waals surface area contributed by atoms with E-state index < -0.39 is 11.8 Å². The zero-order valence-electron chi connectivity index (χ0n) is 10.1. The standard InChI is InChI=1S/C12H11ClFN3O2/c1-2-3-10-11(12(18)19)15-16-17(10)9-5-4-7(14)6-8(9)13/h4-6H,2-3H2,1H3,(H,18,19). The summed E-state index contributed by atoms with van der Waals surface area (Å²) in [5.74, 6) is -1.61. The number of aromatic carboxylic acids is 1. The van der Waals surface area contributed by atoms with Crippen molar-refractivity contribution in [3.63, 3.8) is 0 Å². The van der Waals surface area contributed by atoms with E-state index in [-0.39, 0.29) is 10.7 Å². The molecule has 2 rings (SSSR count). The van der Waals surface area contributed by atoms with Crippen LogP contribution in [0.25, 0.3) is 5.69 Å². The van der Waals surface area contributed by atoms with Gasteiger partial charge < -0.3 is 5.11 Å². The van der Waals surface area contributed by atoms with Crippen LogP contribution >= 0.6 is 11.6 Å². The molecule has 0 amide bonds. The minimum absolute atomic E-state index is 0.109. The summed E-state index contributed by atoms with van der Waals surface area (Å²) in [6.07, 6.45) is 1.22. The zero-order valence-corrected chi connectivity index (χ0v) is 10.9. The fraction of sp³-hybridized carbons (Fsp3) is 0.250. The monoisotopic (exact) mass is 283 g/mol. The summed E-state index contributed by atoms with van der Waals surface area (Å²) >= 11 is 5.95. The number of benzene rings is 1. The van der Waals surface area contributed by atoms with Gasteiger partial charge in [0.2, 0.25) is 0 Å². The van der Waals surface area contributed by atoms with E-state index in [4.69, 9.17) is 16.7 Å². The molecule has 5 nitrogen and oxygen atoms in total. The lowest BCUT2D eigenvalue weighted by Gasteiger charge is -2.07. The Hall–Kier alpha value is -1.95. The molecule has 1 N–H and O–H groups in total. The van der Waals surface area contributed by atoms with Crippen LogP contribution < -0.4 is 0 Å². The number of halogens is 2. The highest BCUT2D eigenvalue weighted by atomic mass is 35.5. The molecule has 1 aromatic heterocycles. The van der Waals surface area contributed by atoms with Crippen molar-refractivity contribution in [2.75, 3.05) is 0 Å². The summed E-state index contributed by atoms with van der Waals surface area (Å²) in [5.41, 5.74) is 0.747. The molecule has 1 heterocycles. The van der Waals surface area contributed by atoms with Crippen LogP contribution in [0.5, 0.6) is 0 Å².